The molecule has 6 nitrogen and oxygen atoms in total. The molecule has 1 fully saturated rings. The highest BCUT2D eigenvalue weighted by Crippen LogP contribution is 2.23. The van der Waals surface area contributed by atoms with E-state index in [1.165, 1.54) is 4.90 Å². The van der Waals surface area contributed by atoms with Gasteiger partial charge in [-0.3, -0.25) is 18.8 Å². The number of aromatic amines is 1. The SMILES string of the molecule is O=C(NCC(F)(F)F)C1CCCN(C(=O)c2s[nH]c(=O)c2Cl)C1. The minimum atomic E-state index is -4.48. The Morgan fingerprint density at radius 1 is 1.43 bits per heavy atom. The molecule has 11 heteroatoms. The number of H-pyrrole nitrogens is 1. The van der Waals surface area contributed by atoms with Crippen molar-refractivity contribution in [3.8, 4) is 0 Å². The summed E-state index contributed by atoms with van der Waals surface area (Å²) < 4.78 is 38.7. The molecule has 1 aliphatic rings. The molecule has 1 aromatic rings. The molecule has 0 radical (unpaired) electrons. The van der Waals surface area contributed by atoms with Crippen molar-refractivity contribution in [3.63, 3.8) is 0 Å². The average Bonchev–Trinajstić information content (AvgIpc) is 2.83. The predicted octanol–water partition coefficient (Wildman–Crippen LogP) is 1.62. The first-order chi connectivity index (χ1) is 10.7. The molecule has 0 saturated carbocycles. The zero-order valence-corrected chi connectivity index (χ0v) is 13.3. The molecule has 1 unspecified atom stereocenters. The Kier molecular flexibility index (Phi) is 5.35. The first-order valence-corrected chi connectivity index (χ1v) is 7.89. The Hall–Kier alpha value is -1.55. The normalized spacial score (nSPS) is 18.8. The van der Waals surface area contributed by atoms with Gasteiger partial charge in [-0.2, -0.15) is 13.2 Å². The topological polar surface area (TPSA) is 82.3 Å². The molecule has 1 aliphatic heterocycles. The van der Waals surface area contributed by atoms with Gasteiger partial charge >= 0.3 is 6.18 Å². The van der Waals surface area contributed by atoms with E-state index < -0.39 is 36.0 Å². The molecule has 2 rings (SSSR count). The molecule has 1 saturated heterocycles. The van der Waals surface area contributed by atoms with E-state index in [9.17, 15) is 27.6 Å². The molecule has 0 spiro atoms. The molecular formula is C12H13ClF3N3O3S. The monoisotopic (exact) mass is 371 g/mol. The number of nitrogens with zero attached hydrogens (tertiary/aromatic N) is 1. The lowest BCUT2D eigenvalue weighted by Crippen LogP contribution is -2.46. The molecule has 1 atom stereocenters. The molecule has 2 amide bonds. The zero-order chi connectivity index (χ0) is 17.2. The first-order valence-electron chi connectivity index (χ1n) is 6.69. The van der Waals surface area contributed by atoms with Crippen LogP contribution in [-0.2, 0) is 4.79 Å². The van der Waals surface area contributed by atoms with Crippen LogP contribution in [0.4, 0.5) is 13.2 Å². The maximum Gasteiger partial charge on any atom is 0.405 e. The van der Waals surface area contributed by atoms with Crippen LogP contribution in [0.15, 0.2) is 4.79 Å². The Labute approximate surface area is 137 Å². The third-order valence-electron chi connectivity index (χ3n) is 3.38. The number of amides is 2. The summed E-state index contributed by atoms with van der Waals surface area (Å²) in [5, 5.41) is 1.61. The predicted molar refractivity (Wildman–Crippen MR) is 77.6 cm³/mol. The number of alkyl halides is 3. The molecule has 0 aromatic carbocycles. The van der Waals surface area contributed by atoms with Gasteiger partial charge in [0.1, 0.15) is 16.4 Å². The molecule has 128 valence electrons. The standard InChI is InChI=1S/C12H13ClF3N3O3S/c13-7-8(23-18-10(7)21)11(22)19-3-1-2-6(4-19)9(20)17-5-12(14,15)16/h6H,1-5H2,(H,17,20)(H,18,21). The lowest BCUT2D eigenvalue weighted by atomic mass is 9.97. The summed E-state index contributed by atoms with van der Waals surface area (Å²) in [6, 6.07) is 0. The maximum absolute atomic E-state index is 12.3. The van der Waals surface area contributed by atoms with E-state index in [-0.39, 0.29) is 16.4 Å². The highest BCUT2D eigenvalue weighted by Gasteiger charge is 2.33. The fourth-order valence-electron chi connectivity index (χ4n) is 2.28. The van der Waals surface area contributed by atoms with Crippen LogP contribution in [0.1, 0.15) is 22.5 Å². The minimum Gasteiger partial charge on any atom is -0.347 e. The van der Waals surface area contributed by atoms with Crippen LogP contribution in [0.3, 0.4) is 0 Å². The highest BCUT2D eigenvalue weighted by atomic mass is 35.5. The van der Waals surface area contributed by atoms with E-state index >= 15 is 0 Å². The second-order valence-corrected chi connectivity index (χ2v) is 6.29. The summed E-state index contributed by atoms with van der Waals surface area (Å²) in [4.78, 5) is 36.7. The quantitative estimate of drug-likeness (QED) is 0.847. The van der Waals surface area contributed by atoms with Gasteiger partial charge in [-0.05, 0) is 12.8 Å². The van der Waals surface area contributed by atoms with E-state index in [0.717, 1.165) is 11.5 Å². The number of hydrogen-bond acceptors (Lipinski definition) is 4. The molecule has 0 bridgehead atoms. The van der Waals surface area contributed by atoms with Crippen molar-refractivity contribution < 1.29 is 22.8 Å². The van der Waals surface area contributed by atoms with Crippen LogP contribution in [0.2, 0.25) is 5.02 Å². The van der Waals surface area contributed by atoms with Crippen LogP contribution >= 0.6 is 23.1 Å². The van der Waals surface area contributed by atoms with Crippen LogP contribution < -0.4 is 10.9 Å². The summed E-state index contributed by atoms with van der Waals surface area (Å²) in [6.45, 7) is -1.06. The third-order valence-corrected chi connectivity index (χ3v) is 4.72. The number of hydrogen-bond donors (Lipinski definition) is 2. The van der Waals surface area contributed by atoms with Gasteiger partial charge in [-0.15, -0.1) is 0 Å². The summed E-state index contributed by atoms with van der Waals surface area (Å²) in [5.74, 6) is -1.97. The second-order valence-electron chi connectivity index (χ2n) is 5.10. The Balaban J connectivity index is 2.00. The van der Waals surface area contributed by atoms with Gasteiger partial charge in [-0.1, -0.05) is 23.1 Å². The summed E-state index contributed by atoms with van der Waals surface area (Å²) in [6.07, 6.45) is -3.61. The van der Waals surface area contributed by atoms with Crippen molar-refractivity contribution >= 4 is 34.9 Å². The largest absolute Gasteiger partial charge is 0.405 e. The fourth-order valence-corrected chi connectivity index (χ4v) is 3.27. The van der Waals surface area contributed by atoms with E-state index in [2.05, 4.69) is 4.37 Å². The van der Waals surface area contributed by atoms with E-state index in [0.29, 0.717) is 19.4 Å². The number of nitrogens with one attached hydrogen (secondary N) is 2. The summed E-state index contributed by atoms with van der Waals surface area (Å²) in [7, 11) is 0. The minimum absolute atomic E-state index is 0.00898. The number of carbonyl (C=O) groups is 2. The van der Waals surface area contributed by atoms with Crippen molar-refractivity contribution in [2.45, 2.75) is 19.0 Å². The lowest BCUT2D eigenvalue weighted by molar-refractivity contribution is -0.141. The number of piperidine rings is 1. The fraction of sp³-hybridized carbons (Fsp3) is 0.583. The van der Waals surface area contributed by atoms with Crippen molar-refractivity contribution in [3.05, 3.63) is 20.3 Å². The van der Waals surface area contributed by atoms with Crippen molar-refractivity contribution in [1.29, 1.82) is 0 Å². The first kappa shape index (κ1) is 17.8. The van der Waals surface area contributed by atoms with Gasteiger partial charge in [0.15, 0.2) is 0 Å². The number of likely N-dealkylation sites (tertiary alicyclic amines) is 1. The van der Waals surface area contributed by atoms with Gasteiger partial charge in [0.25, 0.3) is 11.5 Å². The van der Waals surface area contributed by atoms with Crippen LogP contribution in [0.5, 0.6) is 0 Å². The Bertz CT molecular complexity index is 658. The van der Waals surface area contributed by atoms with Crippen molar-refractivity contribution in [1.82, 2.24) is 14.6 Å². The molecule has 2 heterocycles. The van der Waals surface area contributed by atoms with Crippen LogP contribution in [0.25, 0.3) is 0 Å². The molecule has 1 aromatic heterocycles. The summed E-state index contributed by atoms with van der Waals surface area (Å²) in [5.41, 5.74) is -0.573. The van der Waals surface area contributed by atoms with Gasteiger partial charge < -0.3 is 10.2 Å². The average molecular weight is 372 g/mol. The molecule has 0 aliphatic carbocycles. The molecule has 2 N–H and O–H groups in total. The second kappa shape index (κ2) is 6.91. The number of carbonyl (C=O) groups excluding carboxylic acids is 2. The highest BCUT2D eigenvalue weighted by molar-refractivity contribution is 7.08. The van der Waals surface area contributed by atoms with E-state index in [1.807, 2.05) is 5.32 Å². The maximum atomic E-state index is 12.3. The third kappa shape index (κ3) is 4.47. The van der Waals surface area contributed by atoms with E-state index in [1.54, 1.807) is 0 Å². The number of aromatic nitrogens is 1. The van der Waals surface area contributed by atoms with Crippen molar-refractivity contribution in [2.24, 2.45) is 5.92 Å². The number of rotatable bonds is 3. The Morgan fingerprint density at radius 2 is 2.13 bits per heavy atom. The van der Waals surface area contributed by atoms with Gasteiger partial charge in [-0.25, -0.2) is 0 Å². The van der Waals surface area contributed by atoms with Gasteiger partial charge in [0, 0.05) is 13.1 Å². The molecular weight excluding hydrogens is 359 g/mol. The zero-order valence-electron chi connectivity index (χ0n) is 11.7. The van der Waals surface area contributed by atoms with Crippen LogP contribution in [-0.4, -0.2) is 46.9 Å². The van der Waals surface area contributed by atoms with E-state index in [4.69, 9.17) is 11.6 Å². The number of halogens is 4. The summed E-state index contributed by atoms with van der Waals surface area (Å²) >= 11 is 6.53. The molecule has 23 heavy (non-hydrogen) atoms. The Morgan fingerprint density at radius 3 is 2.70 bits per heavy atom. The van der Waals surface area contributed by atoms with Gasteiger partial charge in [0.05, 0.1) is 5.92 Å². The van der Waals surface area contributed by atoms with Crippen molar-refractivity contribution in [2.75, 3.05) is 19.6 Å². The lowest BCUT2D eigenvalue weighted by Gasteiger charge is -2.31. The van der Waals surface area contributed by atoms with Crippen LogP contribution in [0, 0.1) is 5.92 Å². The smallest absolute Gasteiger partial charge is 0.347 e. The van der Waals surface area contributed by atoms with Gasteiger partial charge in [0.2, 0.25) is 5.91 Å².